The normalized spacial score (nSPS) is 11.4. The highest BCUT2D eigenvalue weighted by molar-refractivity contribution is 5.87. The number of carbonyl (C=O) groups excluding carboxylic acids is 1. The van der Waals surface area contributed by atoms with Crippen LogP contribution in [0.15, 0.2) is 48.6 Å². The second-order valence-corrected chi connectivity index (χ2v) is 3.69. The largest absolute Gasteiger partial charge is 0.377 e. The van der Waals surface area contributed by atoms with E-state index in [1.165, 1.54) is 5.56 Å². The van der Waals surface area contributed by atoms with Crippen molar-refractivity contribution in [3.05, 3.63) is 54.1 Å². The molecule has 90 valence electrons. The van der Waals surface area contributed by atoms with Crippen molar-refractivity contribution in [3.63, 3.8) is 0 Å². The van der Waals surface area contributed by atoms with E-state index in [1.54, 1.807) is 13.0 Å². The van der Waals surface area contributed by atoms with E-state index in [4.69, 9.17) is 4.74 Å². The summed E-state index contributed by atoms with van der Waals surface area (Å²) in [5.74, 6) is 0.0778. The van der Waals surface area contributed by atoms with E-state index in [0.29, 0.717) is 13.2 Å². The maximum absolute atomic E-state index is 10.6. The molecule has 0 amide bonds. The quantitative estimate of drug-likeness (QED) is 0.531. The van der Waals surface area contributed by atoms with E-state index in [2.05, 4.69) is 0 Å². The molecule has 1 aromatic rings. The van der Waals surface area contributed by atoms with Gasteiger partial charge in [0.15, 0.2) is 5.78 Å². The molecule has 0 fully saturated rings. The Kier molecular flexibility index (Phi) is 6.68. The summed E-state index contributed by atoms with van der Waals surface area (Å²) in [4.78, 5) is 10.6. The summed E-state index contributed by atoms with van der Waals surface area (Å²) in [6.45, 7) is 2.78. The lowest BCUT2D eigenvalue weighted by Gasteiger charge is -1.97. The Hall–Kier alpha value is -1.67. The van der Waals surface area contributed by atoms with Gasteiger partial charge in [0, 0.05) is 0 Å². The van der Waals surface area contributed by atoms with Crippen LogP contribution in [0.4, 0.5) is 0 Å². The Balaban J connectivity index is 2.08. The molecule has 1 aromatic carbocycles. The van der Waals surface area contributed by atoms with Crippen molar-refractivity contribution in [2.45, 2.75) is 13.3 Å². The summed E-state index contributed by atoms with van der Waals surface area (Å²) >= 11 is 0. The molecule has 2 nitrogen and oxygen atoms in total. The molecule has 2 heteroatoms. The first-order valence-corrected chi connectivity index (χ1v) is 5.75. The summed E-state index contributed by atoms with van der Waals surface area (Å²) in [7, 11) is 0. The number of hydrogen-bond acceptors (Lipinski definition) is 2. The lowest BCUT2D eigenvalue weighted by atomic mass is 10.2. The fraction of sp³-hybridized carbons (Fsp3) is 0.267. The maximum Gasteiger partial charge on any atom is 0.152 e. The molecule has 0 saturated heterocycles. The monoisotopic (exact) mass is 230 g/mol. The first-order chi connectivity index (χ1) is 8.29. The summed E-state index contributed by atoms with van der Waals surface area (Å²) < 4.78 is 5.39. The van der Waals surface area contributed by atoms with Gasteiger partial charge in [0.2, 0.25) is 0 Å². The van der Waals surface area contributed by atoms with Gasteiger partial charge in [-0.1, -0.05) is 48.6 Å². The van der Waals surface area contributed by atoms with Crippen LogP contribution in [0.1, 0.15) is 18.9 Å². The topological polar surface area (TPSA) is 26.3 Å². The third-order valence-electron chi connectivity index (χ3n) is 2.11. The van der Waals surface area contributed by atoms with E-state index in [-0.39, 0.29) is 5.78 Å². The van der Waals surface area contributed by atoms with Crippen LogP contribution in [0.2, 0.25) is 0 Å². The predicted molar refractivity (Wildman–Crippen MR) is 70.7 cm³/mol. The van der Waals surface area contributed by atoms with Gasteiger partial charge in [-0.25, -0.2) is 0 Å². The molecule has 0 saturated carbocycles. The summed E-state index contributed by atoms with van der Waals surface area (Å²) in [6, 6.07) is 10.1. The SMILES string of the molecule is CC(=O)/C=C/CCOC/C=C/c1ccccc1. The lowest BCUT2D eigenvalue weighted by molar-refractivity contribution is -0.112. The first-order valence-electron chi connectivity index (χ1n) is 5.75. The molecule has 0 heterocycles. The van der Waals surface area contributed by atoms with Crippen molar-refractivity contribution in [1.29, 1.82) is 0 Å². The molecule has 0 unspecified atom stereocenters. The number of benzene rings is 1. The van der Waals surface area contributed by atoms with Crippen molar-refractivity contribution in [2.24, 2.45) is 0 Å². The number of allylic oxidation sites excluding steroid dienone is 1. The zero-order chi connectivity index (χ0) is 12.3. The molecule has 0 aromatic heterocycles. The average Bonchev–Trinajstić information content (AvgIpc) is 2.33. The molecule has 0 spiro atoms. The van der Waals surface area contributed by atoms with Gasteiger partial charge in [0.1, 0.15) is 0 Å². The van der Waals surface area contributed by atoms with Gasteiger partial charge >= 0.3 is 0 Å². The van der Waals surface area contributed by atoms with E-state index in [9.17, 15) is 4.79 Å². The molecule has 0 bridgehead atoms. The number of rotatable bonds is 7. The Morgan fingerprint density at radius 1 is 1.24 bits per heavy atom. The minimum absolute atomic E-state index is 0.0778. The van der Waals surface area contributed by atoms with E-state index in [0.717, 1.165) is 6.42 Å². The fourth-order valence-electron chi connectivity index (χ4n) is 1.30. The Labute approximate surface area is 103 Å². The van der Waals surface area contributed by atoms with E-state index >= 15 is 0 Å². The number of hydrogen-bond donors (Lipinski definition) is 0. The maximum atomic E-state index is 10.6. The van der Waals surface area contributed by atoms with Crippen molar-refractivity contribution in [3.8, 4) is 0 Å². The van der Waals surface area contributed by atoms with Crippen LogP contribution in [0.5, 0.6) is 0 Å². The smallest absolute Gasteiger partial charge is 0.152 e. The highest BCUT2D eigenvalue weighted by Gasteiger charge is 1.85. The van der Waals surface area contributed by atoms with Gasteiger partial charge < -0.3 is 4.74 Å². The van der Waals surface area contributed by atoms with Crippen LogP contribution in [0.3, 0.4) is 0 Å². The molecule has 17 heavy (non-hydrogen) atoms. The Bertz CT molecular complexity index is 377. The zero-order valence-electron chi connectivity index (χ0n) is 10.1. The summed E-state index contributed by atoms with van der Waals surface area (Å²) in [5, 5.41) is 0. The minimum atomic E-state index is 0.0778. The minimum Gasteiger partial charge on any atom is -0.377 e. The zero-order valence-corrected chi connectivity index (χ0v) is 10.1. The molecule has 0 N–H and O–H groups in total. The first kappa shape index (κ1) is 13.4. The molecule has 0 aliphatic carbocycles. The van der Waals surface area contributed by atoms with Crippen LogP contribution in [-0.2, 0) is 9.53 Å². The number of carbonyl (C=O) groups is 1. The molecule has 0 aliphatic heterocycles. The van der Waals surface area contributed by atoms with Gasteiger partial charge in [-0.2, -0.15) is 0 Å². The van der Waals surface area contributed by atoms with Crippen LogP contribution >= 0.6 is 0 Å². The summed E-state index contributed by atoms with van der Waals surface area (Å²) in [6.07, 6.45) is 8.21. The van der Waals surface area contributed by atoms with Crippen LogP contribution in [-0.4, -0.2) is 19.0 Å². The van der Waals surface area contributed by atoms with Crippen molar-refractivity contribution in [2.75, 3.05) is 13.2 Å². The molecule has 0 atom stereocenters. The van der Waals surface area contributed by atoms with E-state index in [1.807, 2.05) is 48.6 Å². The highest BCUT2D eigenvalue weighted by Crippen LogP contribution is 2.00. The molecule has 1 rings (SSSR count). The fourth-order valence-corrected chi connectivity index (χ4v) is 1.30. The van der Waals surface area contributed by atoms with Crippen LogP contribution in [0, 0.1) is 0 Å². The third-order valence-corrected chi connectivity index (χ3v) is 2.11. The molecular weight excluding hydrogens is 212 g/mol. The second-order valence-electron chi connectivity index (χ2n) is 3.69. The standard InChI is InChI=1S/C15H18O2/c1-14(16)8-5-6-12-17-13-7-11-15-9-3-2-4-10-15/h2-5,7-11H,6,12-13H2,1H3/b8-5+,11-7+. The van der Waals surface area contributed by atoms with E-state index < -0.39 is 0 Å². The third kappa shape index (κ3) is 7.25. The molecular formula is C15H18O2. The van der Waals surface area contributed by atoms with Crippen molar-refractivity contribution in [1.82, 2.24) is 0 Å². The number of ether oxygens (including phenoxy) is 1. The number of ketones is 1. The van der Waals surface area contributed by atoms with Gasteiger partial charge in [0.25, 0.3) is 0 Å². The Morgan fingerprint density at radius 3 is 2.71 bits per heavy atom. The average molecular weight is 230 g/mol. The van der Waals surface area contributed by atoms with Crippen molar-refractivity contribution >= 4 is 11.9 Å². The van der Waals surface area contributed by atoms with Gasteiger partial charge in [-0.3, -0.25) is 4.79 Å². The van der Waals surface area contributed by atoms with Crippen LogP contribution in [0.25, 0.3) is 6.08 Å². The lowest BCUT2D eigenvalue weighted by Crippen LogP contribution is -1.92. The van der Waals surface area contributed by atoms with Crippen molar-refractivity contribution < 1.29 is 9.53 Å². The predicted octanol–water partition coefficient (Wildman–Crippen LogP) is 3.25. The van der Waals surface area contributed by atoms with Gasteiger partial charge in [0.05, 0.1) is 13.2 Å². The van der Waals surface area contributed by atoms with Crippen LogP contribution < -0.4 is 0 Å². The summed E-state index contributed by atoms with van der Waals surface area (Å²) in [5.41, 5.74) is 1.17. The second kappa shape index (κ2) is 8.48. The highest BCUT2D eigenvalue weighted by atomic mass is 16.5. The molecule has 0 radical (unpaired) electrons. The van der Waals surface area contributed by atoms with Gasteiger partial charge in [-0.05, 0) is 25.0 Å². The molecule has 0 aliphatic rings. The van der Waals surface area contributed by atoms with Gasteiger partial charge in [-0.15, -0.1) is 0 Å². The Morgan fingerprint density at radius 2 is 2.00 bits per heavy atom.